The first-order chi connectivity index (χ1) is 16.9. The molecule has 2 N–H and O–H groups in total. The number of carbonyl (C=O) groups excluding carboxylic acids is 2. The number of carboxylic acids is 1. The third-order valence-electron chi connectivity index (χ3n) is 6.53. The Labute approximate surface area is 207 Å². The maximum atomic E-state index is 12.9. The van der Waals surface area contributed by atoms with Gasteiger partial charge in [0.2, 0.25) is 0 Å². The molecule has 0 saturated carbocycles. The zero-order chi connectivity index (χ0) is 24.5. The van der Waals surface area contributed by atoms with E-state index in [0.29, 0.717) is 25.1 Å². The van der Waals surface area contributed by atoms with E-state index in [9.17, 15) is 19.5 Å². The van der Waals surface area contributed by atoms with Crippen LogP contribution in [0, 0.1) is 0 Å². The predicted molar refractivity (Wildman–Crippen MR) is 132 cm³/mol. The van der Waals surface area contributed by atoms with Crippen molar-refractivity contribution >= 4 is 35.3 Å². The van der Waals surface area contributed by atoms with Gasteiger partial charge in [-0.25, -0.2) is 9.59 Å². The van der Waals surface area contributed by atoms with Gasteiger partial charge in [0, 0.05) is 28.7 Å². The van der Waals surface area contributed by atoms with Gasteiger partial charge in [0.25, 0.3) is 5.91 Å². The fourth-order valence-corrected chi connectivity index (χ4v) is 5.21. The number of amides is 2. The molecule has 0 aromatic heterocycles. The van der Waals surface area contributed by atoms with Crippen molar-refractivity contribution in [2.75, 3.05) is 18.5 Å². The first-order valence-corrected chi connectivity index (χ1v) is 11.8. The summed E-state index contributed by atoms with van der Waals surface area (Å²) in [7, 11) is 0. The number of anilines is 1. The van der Waals surface area contributed by atoms with E-state index < -0.39 is 24.0 Å². The van der Waals surface area contributed by atoms with E-state index in [1.807, 2.05) is 36.4 Å². The van der Waals surface area contributed by atoms with Crippen LogP contribution in [-0.2, 0) is 9.53 Å². The van der Waals surface area contributed by atoms with E-state index in [2.05, 4.69) is 17.4 Å². The van der Waals surface area contributed by atoms with E-state index in [0.717, 1.165) is 22.3 Å². The zero-order valence-electron chi connectivity index (χ0n) is 18.7. The molecule has 8 heteroatoms. The Bertz CT molecular complexity index is 1280. The normalized spacial score (nSPS) is 16.5. The van der Waals surface area contributed by atoms with Gasteiger partial charge in [0.05, 0.1) is 0 Å². The van der Waals surface area contributed by atoms with Crippen molar-refractivity contribution in [3.8, 4) is 11.1 Å². The number of halogens is 1. The Balaban J connectivity index is 1.28. The summed E-state index contributed by atoms with van der Waals surface area (Å²) in [5.41, 5.74) is 4.99. The second-order valence-electron chi connectivity index (χ2n) is 8.67. The monoisotopic (exact) mass is 490 g/mol. The SMILES string of the molecule is O=C(Nc1cc(Cl)cc(C(=O)N2CCCC2C(=O)O)c1)OCC1c2ccccc2-c2ccccc21. The van der Waals surface area contributed by atoms with Crippen LogP contribution in [0.25, 0.3) is 11.1 Å². The minimum Gasteiger partial charge on any atom is -0.480 e. The lowest BCUT2D eigenvalue weighted by Gasteiger charge is -2.22. The molecule has 3 aromatic rings. The average Bonchev–Trinajstić information content (AvgIpc) is 3.45. The highest BCUT2D eigenvalue weighted by Crippen LogP contribution is 2.44. The smallest absolute Gasteiger partial charge is 0.411 e. The minimum absolute atomic E-state index is 0.0761. The largest absolute Gasteiger partial charge is 0.480 e. The Hall–Kier alpha value is -3.84. The van der Waals surface area contributed by atoms with Crippen molar-refractivity contribution in [1.29, 1.82) is 0 Å². The molecule has 2 aliphatic rings. The molecule has 1 heterocycles. The van der Waals surface area contributed by atoms with Crippen LogP contribution in [0.2, 0.25) is 5.02 Å². The number of nitrogens with zero attached hydrogens (tertiary/aromatic N) is 1. The van der Waals surface area contributed by atoms with Gasteiger partial charge in [-0.3, -0.25) is 10.1 Å². The van der Waals surface area contributed by atoms with E-state index in [1.54, 1.807) is 0 Å². The van der Waals surface area contributed by atoms with Gasteiger partial charge in [-0.1, -0.05) is 60.1 Å². The van der Waals surface area contributed by atoms with E-state index in [-0.39, 0.29) is 23.1 Å². The molecule has 5 rings (SSSR count). The lowest BCUT2D eigenvalue weighted by atomic mass is 9.98. The van der Waals surface area contributed by atoms with Crippen LogP contribution in [0.15, 0.2) is 66.7 Å². The molecule has 178 valence electrons. The zero-order valence-corrected chi connectivity index (χ0v) is 19.5. The van der Waals surface area contributed by atoms with Gasteiger partial charge in [-0.2, -0.15) is 0 Å². The quantitative estimate of drug-likeness (QED) is 0.500. The summed E-state index contributed by atoms with van der Waals surface area (Å²) in [5, 5.41) is 12.3. The number of carboxylic acid groups (broad SMARTS) is 1. The summed E-state index contributed by atoms with van der Waals surface area (Å²) in [6.45, 7) is 0.512. The van der Waals surface area contributed by atoms with Crippen molar-refractivity contribution < 1.29 is 24.2 Å². The number of hydrogen-bond acceptors (Lipinski definition) is 4. The van der Waals surface area contributed by atoms with Gasteiger partial charge in [-0.05, 0) is 53.3 Å². The topological polar surface area (TPSA) is 95.9 Å². The van der Waals surface area contributed by atoms with Crippen molar-refractivity contribution in [3.63, 3.8) is 0 Å². The number of rotatable bonds is 5. The van der Waals surface area contributed by atoms with Crippen molar-refractivity contribution in [3.05, 3.63) is 88.4 Å². The summed E-state index contributed by atoms with van der Waals surface area (Å²) in [4.78, 5) is 38.4. The van der Waals surface area contributed by atoms with Crippen LogP contribution in [0.4, 0.5) is 10.5 Å². The number of ether oxygens (including phenoxy) is 1. The maximum absolute atomic E-state index is 12.9. The van der Waals surface area contributed by atoms with Crippen LogP contribution in [0.5, 0.6) is 0 Å². The van der Waals surface area contributed by atoms with Gasteiger partial charge in [-0.15, -0.1) is 0 Å². The van der Waals surface area contributed by atoms with E-state index >= 15 is 0 Å². The number of likely N-dealkylation sites (tertiary alicyclic amines) is 1. The molecule has 1 unspecified atom stereocenters. The number of nitrogens with one attached hydrogen (secondary N) is 1. The second kappa shape index (κ2) is 9.43. The molecule has 1 saturated heterocycles. The van der Waals surface area contributed by atoms with Crippen LogP contribution >= 0.6 is 11.6 Å². The summed E-state index contributed by atoms with van der Waals surface area (Å²) in [6.07, 6.45) is 0.359. The van der Waals surface area contributed by atoms with Crippen LogP contribution < -0.4 is 5.32 Å². The number of carbonyl (C=O) groups is 3. The summed E-state index contributed by atoms with van der Waals surface area (Å²) in [6, 6.07) is 19.7. The van der Waals surface area contributed by atoms with Gasteiger partial charge >= 0.3 is 12.1 Å². The highest BCUT2D eigenvalue weighted by Gasteiger charge is 2.34. The predicted octanol–water partition coefficient (Wildman–Crippen LogP) is 5.39. The molecule has 1 atom stereocenters. The standard InChI is InChI=1S/C27H23ClN2O5/c28-17-12-16(25(31)30-11-5-10-24(30)26(32)33)13-18(14-17)29-27(34)35-15-23-21-8-3-1-6-19(21)20-7-2-4-9-22(20)23/h1-4,6-9,12-14,23-24H,5,10-11,15H2,(H,29,34)(H,32,33). The Morgan fingerprint density at radius 2 is 1.66 bits per heavy atom. The molecule has 0 spiro atoms. The Kier molecular flexibility index (Phi) is 6.17. The molecule has 35 heavy (non-hydrogen) atoms. The molecular formula is C27H23ClN2O5. The summed E-state index contributed by atoms with van der Waals surface area (Å²) in [5.74, 6) is -1.55. The molecule has 1 aliphatic carbocycles. The fourth-order valence-electron chi connectivity index (χ4n) is 4.97. The molecule has 2 amide bonds. The minimum atomic E-state index is -1.03. The van der Waals surface area contributed by atoms with E-state index in [1.165, 1.54) is 23.1 Å². The average molecular weight is 491 g/mol. The second-order valence-corrected chi connectivity index (χ2v) is 9.11. The third kappa shape index (κ3) is 4.47. The van der Waals surface area contributed by atoms with Crippen molar-refractivity contribution in [1.82, 2.24) is 4.90 Å². The van der Waals surface area contributed by atoms with Gasteiger partial charge in [0.1, 0.15) is 12.6 Å². The van der Waals surface area contributed by atoms with Gasteiger partial charge < -0.3 is 14.7 Å². The highest BCUT2D eigenvalue weighted by molar-refractivity contribution is 6.31. The Morgan fingerprint density at radius 1 is 1.00 bits per heavy atom. The molecule has 1 fully saturated rings. The first-order valence-electron chi connectivity index (χ1n) is 11.4. The number of aliphatic carboxylic acids is 1. The summed E-state index contributed by atoms with van der Waals surface area (Å²) < 4.78 is 5.57. The lowest BCUT2D eigenvalue weighted by molar-refractivity contribution is -0.141. The molecule has 3 aromatic carbocycles. The first kappa shape index (κ1) is 22.9. The number of hydrogen-bond donors (Lipinski definition) is 2. The molecular weight excluding hydrogens is 468 g/mol. The highest BCUT2D eigenvalue weighted by atomic mass is 35.5. The lowest BCUT2D eigenvalue weighted by Crippen LogP contribution is -2.40. The van der Waals surface area contributed by atoms with Crippen LogP contribution in [-0.4, -0.2) is 47.2 Å². The Morgan fingerprint density at radius 3 is 2.31 bits per heavy atom. The molecule has 7 nitrogen and oxygen atoms in total. The van der Waals surface area contributed by atoms with E-state index in [4.69, 9.17) is 16.3 Å². The maximum Gasteiger partial charge on any atom is 0.411 e. The van der Waals surface area contributed by atoms with Crippen molar-refractivity contribution in [2.24, 2.45) is 0 Å². The van der Waals surface area contributed by atoms with Gasteiger partial charge in [0.15, 0.2) is 0 Å². The molecule has 0 bridgehead atoms. The summed E-state index contributed by atoms with van der Waals surface area (Å²) >= 11 is 6.20. The molecule has 1 aliphatic heterocycles. The number of benzene rings is 3. The number of fused-ring (bicyclic) bond motifs is 3. The van der Waals surface area contributed by atoms with Crippen LogP contribution in [0.3, 0.4) is 0 Å². The fraction of sp³-hybridized carbons (Fsp3) is 0.222. The van der Waals surface area contributed by atoms with Crippen molar-refractivity contribution in [2.45, 2.75) is 24.8 Å². The third-order valence-corrected chi connectivity index (χ3v) is 6.75. The molecule has 0 radical (unpaired) electrons. The van der Waals surface area contributed by atoms with Crippen LogP contribution in [0.1, 0.15) is 40.2 Å².